The smallest absolute Gasteiger partial charge is 0.332 e. The molecule has 0 aromatic heterocycles. The fourth-order valence-electron chi connectivity index (χ4n) is 1.75. The Labute approximate surface area is 124 Å². The number of benzene rings is 1. The van der Waals surface area contributed by atoms with E-state index in [1.54, 1.807) is 12.1 Å². The molecule has 1 aromatic rings. The van der Waals surface area contributed by atoms with Crippen molar-refractivity contribution in [1.29, 1.82) is 0 Å². The Hall–Kier alpha value is -1.44. The zero-order valence-electron chi connectivity index (χ0n) is 12.1. The molecule has 0 aliphatic rings. The van der Waals surface area contributed by atoms with E-state index >= 15 is 0 Å². The van der Waals surface area contributed by atoms with E-state index < -0.39 is 22.1 Å². The minimum Gasteiger partial charge on any atom is -0.479 e. The molecule has 1 rings (SSSR count). The number of carboxylic acids is 1. The molecule has 1 unspecified atom stereocenters. The molecule has 118 valence electrons. The highest BCUT2D eigenvalue weighted by Crippen LogP contribution is 2.20. The first-order valence-electron chi connectivity index (χ1n) is 6.78. The van der Waals surface area contributed by atoms with E-state index in [0.717, 1.165) is 12.0 Å². The van der Waals surface area contributed by atoms with Gasteiger partial charge < -0.3 is 10.2 Å². The number of rotatable bonds is 8. The molecule has 0 fully saturated rings. The predicted octanol–water partition coefficient (Wildman–Crippen LogP) is 1.31. The summed E-state index contributed by atoms with van der Waals surface area (Å²) in [4.78, 5) is 10.6. The Morgan fingerprint density at radius 1 is 1.29 bits per heavy atom. The van der Waals surface area contributed by atoms with Crippen LogP contribution in [0.5, 0.6) is 0 Å². The molecule has 0 spiro atoms. The highest BCUT2D eigenvalue weighted by Gasteiger charge is 2.17. The fourth-order valence-corrected chi connectivity index (χ4v) is 2.80. The van der Waals surface area contributed by atoms with Gasteiger partial charge in [-0.25, -0.2) is 17.9 Å². The second kappa shape index (κ2) is 7.53. The van der Waals surface area contributed by atoms with Gasteiger partial charge in [-0.2, -0.15) is 0 Å². The number of aliphatic carboxylic acids is 1. The predicted molar refractivity (Wildman–Crippen MR) is 78.6 cm³/mol. The summed E-state index contributed by atoms with van der Waals surface area (Å²) >= 11 is 0. The zero-order valence-corrected chi connectivity index (χ0v) is 12.9. The molecule has 0 aliphatic heterocycles. The first kappa shape index (κ1) is 17.6. The number of hydrogen-bond donors (Lipinski definition) is 3. The van der Waals surface area contributed by atoms with Crippen LogP contribution in [0.3, 0.4) is 0 Å². The van der Waals surface area contributed by atoms with Crippen molar-refractivity contribution in [2.24, 2.45) is 0 Å². The minimum atomic E-state index is -3.68. The van der Waals surface area contributed by atoms with E-state index in [4.69, 9.17) is 10.2 Å². The maximum absolute atomic E-state index is 12.0. The number of aliphatic hydroxyl groups excluding tert-OH is 1. The summed E-state index contributed by atoms with van der Waals surface area (Å²) in [6.45, 7) is 3.99. The average Bonchev–Trinajstić information content (AvgIpc) is 2.46. The van der Waals surface area contributed by atoms with Gasteiger partial charge in [-0.05, 0) is 36.5 Å². The van der Waals surface area contributed by atoms with Crippen LogP contribution in [0.1, 0.15) is 38.2 Å². The molecule has 0 aliphatic carbocycles. The lowest BCUT2D eigenvalue weighted by molar-refractivity contribution is -0.146. The van der Waals surface area contributed by atoms with Crippen molar-refractivity contribution in [1.82, 2.24) is 4.72 Å². The Balaban J connectivity index is 2.68. The van der Waals surface area contributed by atoms with E-state index in [1.165, 1.54) is 12.1 Å². The van der Waals surface area contributed by atoms with E-state index in [-0.39, 0.29) is 17.9 Å². The van der Waals surface area contributed by atoms with Gasteiger partial charge in [0.15, 0.2) is 6.10 Å². The van der Waals surface area contributed by atoms with Crippen molar-refractivity contribution in [3.63, 3.8) is 0 Å². The molecule has 0 bridgehead atoms. The van der Waals surface area contributed by atoms with Crippen LogP contribution in [0, 0.1) is 0 Å². The molecule has 6 nitrogen and oxygen atoms in total. The second-order valence-electron chi connectivity index (χ2n) is 4.92. The first-order chi connectivity index (χ1) is 9.77. The maximum atomic E-state index is 12.0. The summed E-state index contributed by atoms with van der Waals surface area (Å²) in [6, 6.07) is 6.60. The molecule has 0 amide bonds. The normalized spacial score (nSPS) is 14.6. The van der Waals surface area contributed by atoms with Crippen molar-refractivity contribution in [2.75, 3.05) is 6.54 Å². The van der Waals surface area contributed by atoms with Crippen LogP contribution in [-0.4, -0.2) is 37.2 Å². The molecular formula is C14H21NO5S. The SMILES string of the molecule is CCC(C)c1ccc(S(=O)(=O)NCC[C@H](O)C(=O)O)cc1. The minimum absolute atomic E-state index is 0.124. The topological polar surface area (TPSA) is 104 Å². The quantitative estimate of drug-likeness (QED) is 0.671. The molecular weight excluding hydrogens is 294 g/mol. The lowest BCUT2D eigenvalue weighted by atomic mass is 9.99. The van der Waals surface area contributed by atoms with Crippen LogP contribution in [0.15, 0.2) is 29.2 Å². The fraction of sp³-hybridized carbons (Fsp3) is 0.500. The monoisotopic (exact) mass is 315 g/mol. The Morgan fingerprint density at radius 2 is 1.86 bits per heavy atom. The number of carbonyl (C=O) groups is 1. The number of aliphatic hydroxyl groups is 1. The third-order valence-corrected chi connectivity index (χ3v) is 4.84. The number of sulfonamides is 1. The number of hydrogen-bond acceptors (Lipinski definition) is 4. The van der Waals surface area contributed by atoms with Crippen molar-refractivity contribution in [3.8, 4) is 0 Å². The Morgan fingerprint density at radius 3 is 2.33 bits per heavy atom. The molecule has 0 radical (unpaired) electrons. The van der Waals surface area contributed by atoms with Crippen LogP contribution in [0.4, 0.5) is 0 Å². The van der Waals surface area contributed by atoms with Gasteiger partial charge in [0.2, 0.25) is 10.0 Å². The van der Waals surface area contributed by atoms with Gasteiger partial charge in [-0.3, -0.25) is 0 Å². The van der Waals surface area contributed by atoms with Gasteiger partial charge in [0.1, 0.15) is 0 Å². The molecule has 0 saturated carbocycles. The van der Waals surface area contributed by atoms with E-state index in [1.807, 2.05) is 0 Å². The summed E-state index contributed by atoms with van der Waals surface area (Å²) in [5, 5.41) is 17.6. The standard InChI is InChI=1S/C14H21NO5S/c1-3-10(2)11-4-6-12(7-5-11)21(19,20)15-9-8-13(16)14(17)18/h4-7,10,13,15-16H,3,8-9H2,1-2H3,(H,17,18)/t10?,13-/m0/s1. The van der Waals surface area contributed by atoms with Crippen LogP contribution in [-0.2, 0) is 14.8 Å². The van der Waals surface area contributed by atoms with Crippen molar-refractivity contribution in [3.05, 3.63) is 29.8 Å². The highest BCUT2D eigenvalue weighted by molar-refractivity contribution is 7.89. The Kier molecular flexibility index (Phi) is 6.32. The van der Waals surface area contributed by atoms with Crippen LogP contribution in [0.2, 0.25) is 0 Å². The van der Waals surface area contributed by atoms with Crippen LogP contribution >= 0.6 is 0 Å². The van der Waals surface area contributed by atoms with Gasteiger partial charge >= 0.3 is 5.97 Å². The average molecular weight is 315 g/mol. The maximum Gasteiger partial charge on any atom is 0.332 e. The molecule has 0 saturated heterocycles. The highest BCUT2D eigenvalue weighted by atomic mass is 32.2. The zero-order chi connectivity index (χ0) is 16.0. The molecule has 7 heteroatoms. The third-order valence-electron chi connectivity index (χ3n) is 3.37. The molecule has 0 heterocycles. The molecule has 21 heavy (non-hydrogen) atoms. The van der Waals surface area contributed by atoms with E-state index in [0.29, 0.717) is 5.92 Å². The number of carboxylic acid groups (broad SMARTS) is 1. The third kappa shape index (κ3) is 5.11. The van der Waals surface area contributed by atoms with Gasteiger partial charge in [0.25, 0.3) is 0 Å². The van der Waals surface area contributed by atoms with Crippen LogP contribution < -0.4 is 4.72 Å². The first-order valence-corrected chi connectivity index (χ1v) is 8.26. The lowest BCUT2D eigenvalue weighted by Gasteiger charge is -2.11. The molecule has 2 atom stereocenters. The van der Waals surface area contributed by atoms with Gasteiger partial charge in [0.05, 0.1) is 4.90 Å². The van der Waals surface area contributed by atoms with Gasteiger partial charge in [0, 0.05) is 6.54 Å². The van der Waals surface area contributed by atoms with E-state index in [9.17, 15) is 13.2 Å². The van der Waals surface area contributed by atoms with Crippen molar-refractivity contribution in [2.45, 2.75) is 43.6 Å². The van der Waals surface area contributed by atoms with Gasteiger partial charge in [-0.15, -0.1) is 0 Å². The summed E-state index contributed by atoms with van der Waals surface area (Å²) in [5.41, 5.74) is 1.07. The van der Waals surface area contributed by atoms with Gasteiger partial charge in [-0.1, -0.05) is 26.0 Å². The summed E-state index contributed by atoms with van der Waals surface area (Å²) < 4.78 is 26.3. The molecule has 1 aromatic carbocycles. The Bertz CT molecular complexity index is 568. The molecule has 3 N–H and O–H groups in total. The summed E-state index contributed by atoms with van der Waals surface area (Å²) in [5.74, 6) is -1.01. The van der Waals surface area contributed by atoms with Crippen molar-refractivity contribution < 1.29 is 23.4 Å². The lowest BCUT2D eigenvalue weighted by Crippen LogP contribution is -2.30. The summed E-state index contributed by atoms with van der Waals surface area (Å²) in [7, 11) is -3.68. The van der Waals surface area contributed by atoms with Crippen molar-refractivity contribution >= 4 is 16.0 Å². The second-order valence-corrected chi connectivity index (χ2v) is 6.69. The van der Waals surface area contributed by atoms with Crippen LogP contribution in [0.25, 0.3) is 0 Å². The van der Waals surface area contributed by atoms with E-state index in [2.05, 4.69) is 18.6 Å². The summed E-state index contributed by atoms with van der Waals surface area (Å²) in [6.07, 6.45) is -0.780. The number of nitrogens with one attached hydrogen (secondary N) is 1. The largest absolute Gasteiger partial charge is 0.479 e.